The average molecular weight is 484 g/mol. The van der Waals surface area contributed by atoms with Crippen molar-refractivity contribution in [2.24, 2.45) is 0 Å². The summed E-state index contributed by atoms with van der Waals surface area (Å²) >= 11 is 0. The van der Waals surface area contributed by atoms with E-state index in [9.17, 15) is 9.18 Å². The van der Waals surface area contributed by atoms with Gasteiger partial charge in [-0.1, -0.05) is 0 Å². The van der Waals surface area contributed by atoms with Gasteiger partial charge >= 0.3 is 6.09 Å². The number of likely N-dealkylation sites (tertiary alicyclic amines) is 1. The third kappa shape index (κ3) is 7.14. The zero-order valence-electron chi connectivity index (χ0n) is 11.4. The molecule has 0 aromatic heterocycles. The second-order valence-electron chi connectivity index (χ2n) is 4.67. The summed E-state index contributed by atoms with van der Waals surface area (Å²) in [6.07, 6.45) is -0.0178. The molecule has 0 spiro atoms. The molecule has 1 heterocycles. The van der Waals surface area contributed by atoms with Gasteiger partial charge in [-0.3, -0.25) is 0 Å². The van der Waals surface area contributed by atoms with Crippen molar-refractivity contribution < 1.29 is 13.9 Å². The Labute approximate surface area is 99.0 Å². The molecule has 1 aliphatic rings. The maximum Gasteiger partial charge on any atom is 0.410 e. The Morgan fingerprint density at radius 2 is 1.88 bits per heavy atom. The van der Waals surface area contributed by atoms with Gasteiger partial charge in [0, 0.05) is 6.54 Å². The molecule has 1 rings (SSSR count). The van der Waals surface area contributed by atoms with Crippen molar-refractivity contribution in [2.45, 2.75) is 45.4 Å². The minimum atomic E-state index is -0.892. The number of nitrogens with zero attached hydrogens (tertiary/aromatic N) is 1. The number of carbonyl (C=O) groups excluding carboxylic acids is 1. The van der Waals surface area contributed by atoms with Crippen molar-refractivity contribution in [3.63, 3.8) is 0 Å². The molecule has 0 bridgehead atoms. The Hall–Kier alpha value is -1.80. The van der Waals surface area contributed by atoms with Crippen molar-refractivity contribution in [1.82, 2.24) is 4.90 Å². The van der Waals surface area contributed by atoms with Crippen LogP contribution in [0.15, 0.2) is 0 Å². The second-order valence-corrected chi connectivity index (χ2v) is 4.67. The van der Waals surface area contributed by atoms with Crippen LogP contribution in [0.3, 0.4) is 0 Å². The number of piperidine rings is 1. The molecule has 5 heteroatoms. The van der Waals surface area contributed by atoms with Gasteiger partial charge in [-0.15, -0.1) is 0 Å². The van der Waals surface area contributed by atoms with Gasteiger partial charge in [0.2, 0.25) is 0 Å². The predicted octanol–water partition coefficient (Wildman–Crippen LogP) is 3.26. The molecular weight excluding hydrogens is 460 g/mol. The summed E-state index contributed by atoms with van der Waals surface area (Å²) in [7, 11) is 0. The number of rotatable bonds is 0. The van der Waals surface area contributed by atoms with Crippen molar-refractivity contribution in [3.05, 3.63) is 14.9 Å². The number of amides is 1. The fraction of sp³-hybridized carbons (Fsp3) is 0.750. The fourth-order valence-electron chi connectivity index (χ4n) is 1.42. The largest absolute Gasteiger partial charge is 0.444 e. The molecule has 0 saturated carbocycles. The number of ether oxygens (including phenoxy) is 1. The molecule has 17 heavy (non-hydrogen) atoms. The van der Waals surface area contributed by atoms with E-state index in [1.807, 2.05) is 20.8 Å². The Bertz CT molecular complexity index is 219. The molecular formula is C12H24CfFNO2-2. The van der Waals surface area contributed by atoms with Crippen LogP contribution >= 0.6 is 0 Å². The molecule has 1 aliphatic heterocycles. The number of carbonyl (C=O) groups is 1. The fourth-order valence-corrected chi connectivity index (χ4v) is 1.42. The minimum absolute atomic E-state index is 0. The summed E-state index contributed by atoms with van der Waals surface area (Å²) in [5.74, 6) is 0. The summed E-state index contributed by atoms with van der Waals surface area (Å²) in [6, 6.07) is 0. The van der Waals surface area contributed by atoms with E-state index in [0.29, 0.717) is 13.0 Å². The van der Waals surface area contributed by atoms with Gasteiger partial charge in [0.05, 0.1) is 6.54 Å². The van der Waals surface area contributed by atoms with E-state index in [1.165, 1.54) is 4.90 Å². The first-order chi connectivity index (χ1) is 6.38. The zero-order valence-corrected chi connectivity index (χ0v) is 14.0. The standard InChI is InChI=1S/C10H18FNO2.2CH3.Cf/c1-10(2,3)14-9(13)12-6-4-5-8(11)7-12;;;/h8H,4-7H2,1-3H3;2*1H3;/q;2*-1;. The van der Waals surface area contributed by atoms with Gasteiger partial charge in [-0.05, 0) is 33.6 Å². The van der Waals surface area contributed by atoms with E-state index in [4.69, 9.17) is 4.74 Å². The van der Waals surface area contributed by atoms with Crippen LogP contribution in [-0.2, 0) is 4.74 Å². The quantitative estimate of drug-likeness (QED) is 0.495. The normalized spacial score (nSPS) is 19.3. The van der Waals surface area contributed by atoms with E-state index >= 15 is 0 Å². The van der Waals surface area contributed by atoms with E-state index < -0.39 is 17.9 Å². The van der Waals surface area contributed by atoms with Gasteiger partial charge < -0.3 is 24.5 Å². The average Bonchev–Trinajstić information content (AvgIpc) is 2.01. The zero-order chi connectivity index (χ0) is 10.8. The minimum Gasteiger partial charge on any atom is -0.444 e. The Morgan fingerprint density at radius 3 is 2.29 bits per heavy atom. The van der Waals surface area contributed by atoms with Crippen LogP contribution in [-0.4, -0.2) is 35.9 Å². The van der Waals surface area contributed by atoms with Crippen LogP contribution in [0, 0.1) is 14.9 Å². The van der Waals surface area contributed by atoms with Crippen molar-refractivity contribution in [3.8, 4) is 0 Å². The topological polar surface area (TPSA) is 29.5 Å². The first-order valence-electron chi connectivity index (χ1n) is 5.00. The van der Waals surface area contributed by atoms with Gasteiger partial charge in [-0.25, -0.2) is 9.18 Å². The van der Waals surface area contributed by atoms with Gasteiger partial charge in [0.25, 0.3) is 0 Å². The van der Waals surface area contributed by atoms with Crippen LogP contribution in [0.25, 0.3) is 0 Å². The van der Waals surface area contributed by atoms with E-state index in [-0.39, 0.29) is 21.4 Å². The molecule has 1 fully saturated rings. The van der Waals surface area contributed by atoms with Crippen LogP contribution in [0.1, 0.15) is 33.6 Å². The molecule has 0 aromatic carbocycles. The Morgan fingerprint density at radius 1 is 1.35 bits per heavy atom. The maximum atomic E-state index is 13.0. The van der Waals surface area contributed by atoms with Gasteiger partial charge in [0.15, 0.2) is 0 Å². The van der Waals surface area contributed by atoms with Gasteiger partial charge in [0.1, 0.15) is 11.8 Å². The maximum absolute atomic E-state index is 13.0. The van der Waals surface area contributed by atoms with Crippen LogP contribution in [0.5, 0.6) is 0 Å². The molecule has 0 radical (unpaired) electrons. The summed E-state index contributed by atoms with van der Waals surface area (Å²) in [4.78, 5) is 12.9. The predicted molar refractivity (Wildman–Crippen MR) is 64.8 cm³/mol. The number of halogens is 1. The monoisotopic (exact) mass is 482 g/mol. The SMILES string of the molecule is CC(C)(C)OC(=O)N1CCCC(F)C1.[CH3-].[CH3-].[Cf]. The number of hydrogen-bond donors (Lipinski definition) is 0. The molecule has 0 aliphatic carbocycles. The smallest absolute Gasteiger partial charge is 0.410 e. The molecule has 1 atom stereocenters. The van der Waals surface area contributed by atoms with Crippen LogP contribution in [0.4, 0.5) is 9.18 Å². The molecule has 0 N–H and O–H groups in total. The van der Waals surface area contributed by atoms with E-state index in [0.717, 1.165) is 6.42 Å². The molecule has 1 unspecified atom stereocenters. The summed E-state index contributed by atoms with van der Waals surface area (Å²) < 4.78 is 18.1. The Kier molecular flexibility index (Phi) is 9.05. The summed E-state index contributed by atoms with van der Waals surface area (Å²) in [6.45, 7) is 6.20. The van der Waals surface area contributed by atoms with Crippen molar-refractivity contribution in [1.29, 1.82) is 0 Å². The third-order valence-corrected chi connectivity index (χ3v) is 2.02. The molecule has 0 aromatic rings. The summed E-state index contributed by atoms with van der Waals surface area (Å²) in [5.41, 5.74) is -0.500. The Balaban J connectivity index is -0.000000653. The van der Waals surface area contributed by atoms with Crippen LogP contribution in [0.2, 0.25) is 0 Å². The molecule has 1 saturated heterocycles. The second kappa shape index (κ2) is 7.47. The van der Waals surface area contributed by atoms with Crippen molar-refractivity contribution in [2.75, 3.05) is 13.1 Å². The molecule has 1 amide bonds. The number of hydrogen-bond acceptors (Lipinski definition) is 2. The van der Waals surface area contributed by atoms with Crippen LogP contribution < -0.4 is 0 Å². The van der Waals surface area contributed by atoms with Gasteiger partial charge in [-0.2, -0.15) is 0 Å². The van der Waals surface area contributed by atoms with E-state index in [1.54, 1.807) is 0 Å². The molecule has 108 valence electrons. The summed E-state index contributed by atoms with van der Waals surface area (Å²) in [5, 5.41) is 0. The first-order valence-corrected chi connectivity index (χ1v) is 5.00. The first kappa shape index (κ1) is 20.6. The third-order valence-electron chi connectivity index (χ3n) is 2.02. The molecule has 3 nitrogen and oxygen atoms in total. The van der Waals surface area contributed by atoms with Crippen molar-refractivity contribution >= 4 is 6.09 Å². The number of alkyl halides is 1. The van der Waals surface area contributed by atoms with E-state index in [2.05, 4.69) is 0 Å².